The molecule has 4 rings (SSSR count). The summed E-state index contributed by atoms with van der Waals surface area (Å²) in [5.41, 5.74) is 1.45. The molecule has 0 aliphatic carbocycles. The van der Waals surface area contributed by atoms with Crippen molar-refractivity contribution in [1.29, 1.82) is 0 Å². The molecule has 146 valence electrons. The molecule has 7 heteroatoms. The van der Waals surface area contributed by atoms with Crippen molar-refractivity contribution < 1.29 is 13.9 Å². The molecule has 28 heavy (non-hydrogen) atoms. The Morgan fingerprint density at radius 3 is 2.82 bits per heavy atom. The molecule has 1 amide bonds. The minimum absolute atomic E-state index is 0.0164. The molecule has 1 fully saturated rings. The number of anilines is 2. The van der Waals surface area contributed by atoms with Crippen LogP contribution in [0, 0.1) is 11.7 Å². The third-order valence-electron chi connectivity index (χ3n) is 4.96. The van der Waals surface area contributed by atoms with Crippen LogP contribution < -0.4 is 15.0 Å². The van der Waals surface area contributed by atoms with Crippen molar-refractivity contribution in [1.82, 2.24) is 4.98 Å². The van der Waals surface area contributed by atoms with E-state index in [0.717, 1.165) is 16.0 Å². The predicted octanol–water partition coefficient (Wildman–Crippen LogP) is 4.69. The number of fused-ring (bicyclic) bond motifs is 1. The first-order valence-corrected chi connectivity index (χ1v) is 10.3. The molecule has 0 saturated carbocycles. The quantitative estimate of drug-likeness (QED) is 0.676. The number of rotatable bonds is 5. The molecule has 2 heterocycles. The first-order chi connectivity index (χ1) is 13.6. The second-order valence-electron chi connectivity index (χ2n) is 6.78. The summed E-state index contributed by atoms with van der Waals surface area (Å²) < 4.78 is 20.5. The summed E-state index contributed by atoms with van der Waals surface area (Å²) in [5, 5.41) is 3.56. The molecule has 1 aromatic heterocycles. The van der Waals surface area contributed by atoms with Crippen LogP contribution in [0.3, 0.4) is 0 Å². The van der Waals surface area contributed by atoms with Crippen LogP contribution in [0.1, 0.15) is 19.8 Å². The fourth-order valence-electron chi connectivity index (χ4n) is 3.51. The first-order valence-electron chi connectivity index (χ1n) is 9.48. The molecule has 0 spiro atoms. The second kappa shape index (κ2) is 8.14. The van der Waals surface area contributed by atoms with Crippen molar-refractivity contribution >= 4 is 38.3 Å². The summed E-state index contributed by atoms with van der Waals surface area (Å²) >= 11 is 1.45. The lowest BCUT2D eigenvalue weighted by atomic mass is 9.95. The molecular formula is C21H22FN3O2S. The number of ether oxygens (including phenoxy) is 1. The first kappa shape index (κ1) is 18.7. The van der Waals surface area contributed by atoms with Gasteiger partial charge in [0.1, 0.15) is 11.6 Å². The van der Waals surface area contributed by atoms with Crippen LogP contribution in [0.25, 0.3) is 10.2 Å². The van der Waals surface area contributed by atoms with Gasteiger partial charge in [0.2, 0.25) is 5.91 Å². The van der Waals surface area contributed by atoms with Crippen molar-refractivity contribution in [3.05, 3.63) is 48.3 Å². The zero-order valence-corrected chi connectivity index (χ0v) is 16.5. The Morgan fingerprint density at radius 2 is 2.07 bits per heavy atom. The largest absolute Gasteiger partial charge is 0.494 e. The van der Waals surface area contributed by atoms with Crippen molar-refractivity contribution in [2.45, 2.75) is 19.8 Å². The molecule has 5 nitrogen and oxygen atoms in total. The van der Waals surface area contributed by atoms with Crippen molar-refractivity contribution in [3.63, 3.8) is 0 Å². The number of carbonyl (C=O) groups excluding carboxylic acids is 1. The Bertz CT molecular complexity index is 983. The Hall–Kier alpha value is -2.67. The maximum atomic E-state index is 14.0. The summed E-state index contributed by atoms with van der Waals surface area (Å²) in [6.45, 7) is 3.88. The maximum absolute atomic E-state index is 14.0. The van der Waals surface area contributed by atoms with Gasteiger partial charge < -0.3 is 15.0 Å². The van der Waals surface area contributed by atoms with Crippen LogP contribution in [-0.2, 0) is 4.79 Å². The summed E-state index contributed by atoms with van der Waals surface area (Å²) in [4.78, 5) is 19.2. The number of carbonyl (C=O) groups is 1. The van der Waals surface area contributed by atoms with E-state index in [1.165, 1.54) is 17.4 Å². The van der Waals surface area contributed by atoms with Gasteiger partial charge in [0.05, 0.1) is 22.5 Å². The molecule has 1 aliphatic rings. The number of hydrogen-bond donors (Lipinski definition) is 1. The highest BCUT2D eigenvalue weighted by Gasteiger charge is 2.26. The van der Waals surface area contributed by atoms with Gasteiger partial charge in [0.15, 0.2) is 5.13 Å². The SMILES string of the molecule is CCOc1ccc2nc(NC(=O)C3CCN(c4ccccc4F)CC3)sc2c1. The summed E-state index contributed by atoms with van der Waals surface area (Å²) in [7, 11) is 0. The van der Waals surface area contributed by atoms with Gasteiger partial charge in [0.25, 0.3) is 0 Å². The predicted molar refractivity (Wildman–Crippen MR) is 111 cm³/mol. The third-order valence-corrected chi connectivity index (χ3v) is 5.89. The second-order valence-corrected chi connectivity index (χ2v) is 7.81. The molecule has 1 N–H and O–H groups in total. The van der Waals surface area contributed by atoms with Crippen molar-refractivity contribution in [2.75, 3.05) is 29.9 Å². The summed E-state index contributed by atoms with van der Waals surface area (Å²) in [6, 6.07) is 12.5. The Balaban J connectivity index is 1.38. The third kappa shape index (κ3) is 3.94. The van der Waals surface area contributed by atoms with Gasteiger partial charge in [-0.25, -0.2) is 9.37 Å². The van der Waals surface area contributed by atoms with Crippen molar-refractivity contribution in [2.24, 2.45) is 5.92 Å². The van der Waals surface area contributed by atoms with Gasteiger partial charge in [0, 0.05) is 19.0 Å². The highest BCUT2D eigenvalue weighted by atomic mass is 32.1. The van der Waals surface area contributed by atoms with Crippen LogP contribution in [0.15, 0.2) is 42.5 Å². The number of nitrogens with zero attached hydrogens (tertiary/aromatic N) is 2. The highest BCUT2D eigenvalue weighted by Crippen LogP contribution is 2.31. The standard InChI is InChI=1S/C21H22FN3O2S/c1-2-27-15-7-8-17-19(13-15)28-21(23-17)24-20(26)14-9-11-25(12-10-14)18-6-4-3-5-16(18)22/h3-8,13-14H,2,9-12H2,1H3,(H,23,24,26). The Morgan fingerprint density at radius 1 is 1.29 bits per heavy atom. The number of thiazole rings is 1. The normalized spacial score (nSPS) is 15.0. The Kier molecular flexibility index (Phi) is 5.43. The van der Waals surface area contributed by atoms with E-state index in [0.29, 0.717) is 43.4 Å². The van der Waals surface area contributed by atoms with E-state index in [9.17, 15) is 9.18 Å². The van der Waals surface area contributed by atoms with E-state index in [1.807, 2.05) is 36.1 Å². The fraction of sp³-hybridized carbons (Fsp3) is 0.333. The fourth-order valence-corrected chi connectivity index (χ4v) is 4.41. The molecule has 0 unspecified atom stereocenters. The lowest BCUT2D eigenvalue weighted by Crippen LogP contribution is -2.38. The maximum Gasteiger partial charge on any atom is 0.229 e. The van der Waals surface area contributed by atoms with Crippen LogP contribution in [0.4, 0.5) is 15.2 Å². The van der Waals surface area contributed by atoms with E-state index < -0.39 is 0 Å². The van der Waals surface area contributed by atoms with E-state index in [-0.39, 0.29) is 17.6 Å². The van der Waals surface area contributed by atoms with Crippen LogP contribution in [0.2, 0.25) is 0 Å². The molecule has 0 bridgehead atoms. The molecule has 0 atom stereocenters. The van der Waals surface area contributed by atoms with Gasteiger partial charge in [-0.15, -0.1) is 0 Å². The number of hydrogen-bond acceptors (Lipinski definition) is 5. The minimum atomic E-state index is -0.216. The highest BCUT2D eigenvalue weighted by molar-refractivity contribution is 7.22. The van der Waals surface area contributed by atoms with E-state index in [1.54, 1.807) is 12.1 Å². The summed E-state index contributed by atoms with van der Waals surface area (Å²) in [5.74, 6) is 0.481. The molecule has 1 aliphatic heterocycles. The van der Waals surface area contributed by atoms with Gasteiger partial charge in [-0.05, 0) is 50.1 Å². The number of nitrogens with one attached hydrogen (secondary N) is 1. The number of amides is 1. The van der Waals surface area contributed by atoms with Gasteiger partial charge in [-0.3, -0.25) is 4.79 Å². The number of benzene rings is 2. The molecule has 3 aromatic rings. The smallest absolute Gasteiger partial charge is 0.229 e. The number of para-hydroxylation sites is 1. The lowest BCUT2D eigenvalue weighted by molar-refractivity contribution is -0.120. The zero-order valence-electron chi connectivity index (χ0n) is 15.7. The van der Waals surface area contributed by atoms with Crippen LogP contribution in [0.5, 0.6) is 5.75 Å². The summed E-state index contributed by atoms with van der Waals surface area (Å²) in [6.07, 6.45) is 1.39. The van der Waals surface area contributed by atoms with E-state index in [2.05, 4.69) is 10.3 Å². The van der Waals surface area contributed by atoms with Gasteiger partial charge in [-0.2, -0.15) is 0 Å². The minimum Gasteiger partial charge on any atom is -0.494 e. The van der Waals surface area contributed by atoms with Crippen LogP contribution >= 0.6 is 11.3 Å². The zero-order chi connectivity index (χ0) is 19.5. The Labute approximate surface area is 167 Å². The molecule has 0 radical (unpaired) electrons. The molecular weight excluding hydrogens is 377 g/mol. The van der Waals surface area contributed by atoms with Crippen LogP contribution in [-0.4, -0.2) is 30.6 Å². The average molecular weight is 399 g/mol. The van der Waals surface area contributed by atoms with E-state index >= 15 is 0 Å². The number of piperidine rings is 1. The number of aromatic nitrogens is 1. The number of halogens is 1. The monoisotopic (exact) mass is 399 g/mol. The molecule has 1 saturated heterocycles. The topological polar surface area (TPSA) is 54.5 Å². The van der Waals surface area contributed by atoms with E-state index in [4.69, 9.17) is 4.74 Å². The van der Waals surface area contributed by atoms with Crippen molar-refractivity contribution in [3.8, 4) is 5.75 Å². The molecule has 2 aromatic carbocycles. The van der Waals surface area contributed by atoms with Gasteiger partial charge >= 0.3 is 0 Å². The van der Waals surface area contributed by atoms with Gasteiger partial charge in [-0.1, -0.05) is 23.5 Å². The average Bonchev–Trinajstić information content (AvgIpc) is 3.10. The lowest BCUT2D eigenvalue weighted by Gasteiger charge is -2.33.